The van der Waals surface area contributed by atoms with Crippen molar-refractivity contribution in [2.45, 2.75) is 12.8 Å². The molecule has 0 radical (unpaired) electrons. The molecular weight excluding hydrogens is 378 g/mol. The van der Waals surface area contributed by atoms with Gasteiger partial charge in [-0.2, -0.15) is 0 Å². The molecule has 0 aliphatic heterocycles. The third kappa shape index (κ3) is 4.53. The van der Waals surface area contributed by atoms with Crippen LogP contribution in [-0.2, 0) is 12.8 Å². The molecule has 0 bridgehead atoms. The van der Waals surface area contributed by atoms with E-state index in [0.717, 1.165) is 17.4 Å². The molecule has 3 aromatic carbocycles. The number of rotatable bonds is 8. The van der Waals surface area contributed by atoms with Gasteiger partial charge < -0.3 is 9.15 Å². The Kier molecular flexibility index (Phi) is 6.11. The predicted octanol–water partition coefficient (Wildman–Crippen LogP) is 5.13. The van der Waals surface area contributed by atoms with Crippen LogP contribution in [0.15, 0.2) is 89.3 Å². The van der Waals surface area contributed by atoms with Gasteiger partial charge in [-0.3, -0.25) is 10.0 Å². The quantitative estimate of drug-likeness (QED) is 0.328. The van der Waals surface area contributed by atoms with Crippen molar-refractivity contribution in [3.63, 3.8) is 0 Å². The molecule has 0 unspecified atom stereocenters. The van der Waals surface area contributed by atoms with Crippen LogP contribution in [0.4, 0.5) is 0 Å². The molecule has 0 atom stereocenters. The number of ether oxygens (including phenoxy) is 1. The Balaban J connectivity index is 1.49. The average Bonchev–Trinajstić information content (AvgIpc) is 3.17. The lowest BCUT2D eigenvalue weighted by molar-refractivity contribution is -0.0655. The topological polar surface area (TPSA) is 62.9 Å². The van der Waals surface area contributed by atoms with Crippen LogP contribution in [-0.4, -0.2) is 29.3 Å². The van der Waals surface area contributed by atoms with Crippen molar-refractivity contribution in [1.29, 1.82) is 0 Å². The zero-order valence-electron chi connectivity index (χ0n) is 16.5. The molecule has 0 aliphatic rings. The van der Waals surface area contributed by atoms with E-state index in [-0.39, 0.29) is 18.9 Å². The van der Waals surface area contributed by atoms with Gasteiger partial charge in [-0.05, 0) is 36.6 Å². The van der Waals surface area contributed by atoms with Crippen LogP contribution < -0.4 is 4.74 Å². The van der Waals surface area contributed by atoms with E-state index in [0.29, 0.717) is 22.8 Å². The Morgan fingerprint density at radius 3 is 2.30 bits per heavy atom. The van der Waals surface area contributed by atoms with Crippen molar-refractivity contribution in [3.05, 3.63) is 102 Å². The average molecular weight is 401 g/mol. The number of fused-ring (bicyclic) bond motifs is 1. The molecule has 5 nitrogen and oxygen atoms in total. The molecule has 0 spiro atoms. The summed E-state index contributed by atoms with van der Waals surface area (Å²) in [5.74, 6) is 0.297. The van der Waals surface area contributed by atoms with Gasteiger partial charge in [-0.1, -0.05) is 66.7 Å². The van der Waals surface area contributed by atoms with Crippen LogP contribution in [0.5, 0.6) is 5.75 Å². The van der Waals surface area contributed by atoms with Crippen LogP contribution in [0.25, 0.3) is 11.0 Å². The van der Waals surface area contributed by atoms with Crippen molar-refractivity contribution in [2.24, 2.45) is 0 Å². The van der Waals surface area contributed by atoms with E-state index in [4.69, 9.17) is 9.15 Å². The van der Waals surface area contributed by atoms with Crippen LogP contribution in [0.3, 0.4) is 0 Å². The SMILES string of the molecule is O=C(c1oc2ccccc2c1CCc1ccccc1)N(O)CCOc1ccccc1. The highest BCUT2D eigenvalue weighted by molar-refractivity contribution is 5.98. The van der Waals surface area contributed by atoms with E-state index >= 15 is 0 Å². The molecule has 0 fully saturated rings. The van der Waals surface area contributed by atoms with Gasteiger partial charge in [0.1, 0.15) is 17.9 Å². The van der Waals surface area contributed by atoms with E-state index in [2.05, 4.69) is 12.1 Å². The second-order valence-corrected chi connectivity index (χ2v) is 6.98. The van der Waals surface area contributed by atoms with Gasteiger partial charge >= 0.3 is 5.91 Å². The van der Waals surface area contributed by atoms with Crippen LogP contribution in [0.1, 0.15) is 21.7 Å². The summed E-state index contributed by atoms with van der Waals surface area (Å²) in [5.41, 5.74) is 2.62. The molecule has 1 heterocycles. The summed E-state index contributed by atoms with van der Waals surface area (Å²) in [7, 11) is 0. The summed E-state index contributed by atoms with van der Waals surface area (Å²) in [6, 6.07) is 26.9. The predicted molar refractivity (Wildman–Crippen MR) is 115 cm³/mol. The van der Waals surface area contributed by atoms with Gasteiger partial charge in [-0.15, -0.1) is 0 Å². The Bertz CT molecular complexity index is 1110. The standard InChI is InChI=1S/C25H23NO4/c27-25(26(28)17-18-29-20-11-5-2-6-12-20)24-22(16-15-19-9-3-1-4-10-19)21-13-7-8-14-23(21)30-24/h1-14,28H,15-18H2. The Labute approximate surface area is 175 Å². The summed E-state index contributed by atoms with van der Waals surface area (Å²) in [6.45, 7) is 0.203. The maximum absolute atomic E-state index is 12.9. The maximum atomic E-state index is 12.9. The lowest BCUT2D eigenvalue weighted by atomic mass is 10.0. The smallest absolute Gasteiger partial charge is 0.313 e. The summed E-state index contributed by atoms with van der Waals surface area (Å²) < 4.78 is 11.4. The molecule has 1 amide bonds. The first-order valence-corrected chi connectivity index (χ1v) is 9.95. The second-order valence-electron chi connectivity index (χ2n) is 6.98. The van der Waals surface area contributed by atoms with Crippen molar-refractivity contribution in [1.82, 2.24) is 5.06 Å². The molecule has 1 N–H and O–H groups in total. The molecule has 152 valence electrons. The number of carbonyl (C=O) groups excluding carboxylic acids is 1. The van der Waals surface area contributed by atoms with Gasteiger partial charge in [0, 0.05) is 10.9 Å². The van der Waals surface area contributed by atoms with Crippen molar-refractivity contribution < 1.29 is 19.2 Å². The van der Waals surface area contributed by atoms with E-state index < -0.39 is 5.91 Å². The normalized spacial score (nSPS) is 10.8. The lowest BCUT2D eigenvalue weighted by Crippen LogP contribution is -2.31. The van der Waals surface area contributed by atoms with Crippen LogP contribution >= 0.6 is 0 Å². The molecule has 0 saturated heterocycles. The molecule has 5 heteroatoms. The third-order valence-electron chi connectivity index (χ3n) is 4.95. The summed E-state index contributed by atoms with van der Waals surface area (Å²) >= 11 is 0. The highest BCUT2D eigenvalue weighted by atomic mass is 16.5. The largest absolute Gasteiger partial charge is 0.492 e. The fourth-order valence-electron chi connectivity index (χ4n) is 3.42. The molecule has 4 rings (SSSR count). The van der Waals surface area contributed by atoms with E-state index in [9.17, 15) is 10.0 Å². The highest BCUT2D eigenvalue weighted by Crippen LogP contribution is 2.28. The minimum Gasteiger partial charge on any atom is -0.492 e. The molecule has 1 aromatic heterocycles. The number of carbonyl (C=O) groups is 1. The number of hydrogen-bond donors (Lipinski definition) is 1. The van der Waals surface area contributed by atoms with E-state index in [1.165, 1.54) is 5.56 Å². The minimum absolute atomic E-state index is 0.0307. The first kappa shape index (κ1) is 19.7. The zero-order chi connectivity index (χ0) is 20.8. The number of para-hydroxylation sites is 2. The fraction of sp³-hybridized carbons (Fsp3) is 0.160. The maximum Gasteiger partial charge on any atom is 0.313 e. The number of hydrogen-bond acceptors (Lipinski definition) is 4. The summed E-state index contributed by atoms with van der Waals surface area (Å²) in [6.07, 6.45) is 1.41. The monoisotopic (exact) mass is 401 g/mol. The second kappa shape index (κ2) is 9.29. The summed E-state index contributed by atoms with van der Waals surface area (Å²) in [4.78, 5) is 12.9. The van der Waals surface area contributed by atoms with Gasteiger partial charge in [0.15, 0.2) is 5.76 Å². The van der Waals surface area contributed by atoms with Crippen LogP contribution in [0, 0.1) is 0 Å². The number of aryl methyl sites for hydroxylation is 2. The molecule has 30 heavy (non-hydrogen) atoms. The third-order valence-corrected chi connectivity index (χ3v) is 4.95. The number of furan rings is 1. The number of nitrogens with zero attached hydrogens (tertiary/aromatic N) is 1. The highest BCUT2D eigenvalue weighted by Gasteiger charge is 2.24. The van der Waals surface area contributed by atoms with Crippen LogP contribution in [0.2, 0.25) is 0 Å². The molecular formula is C25H23NO4. The number of hydroxylamine groups is 2. The van der Waals surface area contributed by atoms with Gasteiger partial charge in [0.2, 0.25) is 0 Å². The zero-order valence-corrected chi connectivity index (χ0v) is 16.5. The van der Waals surface area contributed by atoms with E-state index in [1.807, 2.05) is 72.8 Å². The number of amides is 1. The minimum atomic E-state index is -0.564. The van der Waals surface area contributed by atoms with Crippen molar-refractivity contribution in [2.75, 3.05) is 13.2 Å². The van der Waals surface area contributed by atoms with Crippen molar-refractivity contribution in [3.8, 4) is 5.75 Å². The number of benzene rings is 3. The first-order chi connectivity index (χ1) is 14.7. The molecule has 4 aromatic rings. The van der Waals surface area contributed by atoms with Gasteiger partial charge in [0.05, 0.1) is 6.54 Å². The fourth-order valence-corrected chi connectivity index (χ4v) is 3.42. The summed E-state index contributed by atoms with van der Waals surface area (Å²) in [5, 5.41) is 11.9. The van der Waals surface area contributed by atoms with Crippen molar-refractivity contribution >= 4 is 16.9 Å². The Morgan fingerprint density at radius 2 is 1.53 bits per heavy atom. The lowest BCUT2D eigenvalue weighted by Gasteiger charge is -2.15. The first-order valence-electron chi connectivity index (χ1n) is 9.95. The molecule has 0 aliphatic carbocycles. The van der Waals surface area contributed by atoms with Gasteiger partial charge in [0.25, 0.3) is 0 Å². The molecule has 0 saturated carbocycles. The van der Waals surface area contributed by atoms with Gasteiger partial charge in [-0.25, -0.2) is 5.06 Å². The Morgan fingerprint density at radius 1 is 0.867 bits per heavy atom. The Hall–Kier alpha value is -3.57. The van der Waals surface area contributed by atoms with E-state index in [1.54, 1.807) is 0 Å².